The van der Waals surface area contributed by atoms with Crippen LogP contribution in [0.1, 0.15) is 0 Å². The molecular weight excluding hydrogens is 215 g/mol. The van der Waals surface area contributed by atoms with Gasteiger partial charge in [0.05, 0.1) is 11.9 Å². The van der Waals surface area contributed by atoms with E-state index in [9.17, 15) is 4.39 Å². The van der Waals surface area contributed by atoms with Gasteiger partial charge in [0, 0.05) is 6.07 Å². The van der Waals surface area contributed by atoms with Gasteiger partial charge < -0.3 is 5.73 Å². The van der Waals surface area contributed by atoms with Crippen LogP contribution in [0.4, 0.5) is 20.2 Å². The van der Waals surface area contributed by atoms with Gasteiger partial charge in [0.1, 0.15) is 5.82 Å². The van der Waals surface area contributed by atoms with Crippen LogP contribution in [0.2, 0.25) is 0 Å². The molecule has 0 atom stereocenters. The minimum absolute atomic E-state index is 0.338. The Hall–Kier alpha value is -1.82. The SMILES string of the molecule is Nc1ncc(N=Nc2cccc(F)c2)s1. The number of thiazole rings is 1. The molecule has 0 amide bonds. The second-order valence-corrected chi connectivity index (χ2v) is 3.76. The molecule has 2 aromatic rings. The molecule has 0 radical (unpaired) electrons. The Balaban J connectivity index is 2.18. The number of rotatable bonds is 2. The van der Waals surface area contributed by atoms with Crippen LogP contribution in [-0.4, -0.2) is 4.98 Å². The van der Waals surface area contributed by atoms with Crippen molar-refractivity contribution < 1.29 is 4.39 Å². The van der Waals surface area contributed by atoms with Crippen LogP contribution < -0.4 is 5.73 Å². The predicted octanol–water partition coefficient (Wildman–Crippen LogP) is 3.28. The quantitative estimate of drug-likeness (QED) is 0.792. The van der Waals surface area contributed by atoms with Gasteiger partial charge in [-0.15, -0.1) is 10.2 Å². The summed E-state index contributed by atoms with van der Waals surface area (Å²) in [5.74, 6) is -0.338. The molecule has 4 nitrogen and oxygen atoms in total. The van der Waals surface area contributed by atoms with Gasteiger partial charge >= 0.3 is 0 Å². The van der Waals surface area contributed by atoms with Gasteiger partial charge in [-0.1, -0.05) is 17.4 Å². The smallest absolute Gasteiger partial charge is 0.182 e. The molecular formula is C9H7FN4S. The van der Waals surface area contributed by atoms with Crippen LogP contribution >= 0.6 is 11.3 Å². The minimum atomic E-state index is -0.338. The highest BCUT2D eigenvalue weighted by molar-refractivity contribution is 7.18. The van der Waals surface area contributed by atoms with Crippen LogP contribution in [0.15, 0.2) is 40.7 Å². The van der Waals surface area contributed by atoms with Gasteiger partial charge in [-0.05, 0) is 12.1 Å². The Morgan fingerprint density at radius 3 is 2.87 bits per heavy atom. The average molecular weight is 222 g/mol. The largest absolute Gasteiger partial charge is 0.375 e. The zero-order valence-electron chi connectivity index (χ0n) is 7.59. The van der Waals surface area contributed by atoms with E-state index in [-0.39, 0.29) is 5.82 Å². The summed E-state index contributed by atoms with van der Waals surface area (Å²) in [6, 6.07) is 5.89. The van der Waals surface area contributed by atoms with E-state index in [1.165, 1.54) is 29.7 Å². The maximum atomic E-state index is 12.8. The van der Waals surface area contributed by atoms with Gasteiger partial charge in [-0.2, -0.15) is 0 Å². The highest BCUT2D eigenvalue weighted by Crippen LogP contribution is 2.25. The van der Waals surface area contributed by atoms with Crippen molar-refractivity contribution in [1.29, 1.82) is 0 Å². The number of nitrogens with zero attached hydrogens (tertiary/aromatic N) is 3. The van der Waals surface area contributed by atoms with Crippen LogP contribution in [-0.2, 0) is 0 Å². The first-order valence-electron chi connectivity index (χ1n) is 4.12. The Kier molecular flexibility index (Phi) is 2.68. The molecule has 0 fully saturated rings. The third-order valence-corrected chi connectivity index (χ3v) is 2.29. The van der Waals surface area contributed by atoms with E-state index in [2.05, 4.69) is 15.2 Å². The first-order chi connectivity index (χ1) is 7.24. The van der Waals surface area contributed by atoms with Crippen molar-refractivity contribution >= 4 is 27.2 Å². The van der Waals surface area contributed by atoms with Gasteiger partial charge in [0.2, 0.25) is 0 Å². The van der Waals surface area contributed by atoms with Crippen molar-refractivity contribution in [2.75, 3.05) is 5.73 Å². The van der Waals surface area contributed by atoms with Gasteiger partial charge in [-0.3, -0.25) is 0 Å². The number of hydrogen-bond donors (Lipinski definition) is 1. The fourth-order valence-electron chi connectivity index (χ4n) is 0.970. The van der Waals surface area contributed by atoms with Gasteiger partial charge in [-0.25, -0.2) is 9.37 Å². The number of hydrogen-bond acceptors (Lipinski definition) is 5. The molecule has 76 valence electrons. The zero-order valence-corrected chi connectivity index (χ0v) is 8.41. The van der Waals surface area contributed by atoms with E-state index in [0.717, 1.165) is 0 Å². The molecule has 0 saturated heterocycles. The van der Waals surface area contributed by atoms with Crippen LogP contribution in [0, 0.1) is 5.82 Å². The van der Waals surface area contributed by atoms with Crippen LogP contribution in [0.25, 0.3) is 0 Å². The van der Waals surface area contributed by atoms with Crippen molar-refractivity contribution in [3.05, 3.63) is 36.3 Å². The molecule has 0 spiro atoms. The van der Waals surface area contributed by atoms with Crippen molar-refractivity contribution in [3.63, 3.8) is 0 Å². The van der Waals surface area contributed by atoms with Crippen molar-refractivity contribution in [3.8, 4) is 0 Å². The lowest BCUT2D eigenvalue weighted by atomic mass is 10.3. The summed E-state index contributed by atoms with van der Waals surface area (Å²) < 4.78 is 12.8. The van der Waals surface area contributed by atoms with Crippen LogP contribution in [0.3, 0.4) is 0 Å². The van der Waals surface area contributed by atoms with Crippen molar-refractivity contribution in [2.45, 2.75) is 0 Å². The molecule has 0 saturated carbocycles. The van der Waals surface area contributed by atoms with Gasteiger partial charge in [0.15, 0.2) is 10.1 Å². The molecule has 15 heavy (non-hydrogen) atoms. The Morgan fingerprint density at radius 2 is 2.20 bits per heavy atom. The number of azo groups is 1. The molecule has 1 aromatic heterocycles. The highest BCUT2D eigenvalue weighted by atomic mass is 32.1. The molecule has 6 heteroatoms. The van der Waals surface area contributed by atoms with E-state index < -0.39 is 0 Å². The summed E-state index contributed by atoms with van der Waals surface area (Å²) in [4.78, 5) is 3.81. The number of benzene rings is 1. The molecule has 2 rings (SSSR count). The van der Waals surface area contributed by atoms with Crippen molar-refractivity contribution in [1.82, 2.24) is 4.98 Å². The summed E-state index contributed by atoms with van der Waals surface area (Å²) in [5.41, 5.74) is 5.88. The normalized spacial score (nSPS) is 11.0. The number of aromatic nitrogens is 1. The molecule has 1 aromatic carbocycles. The lowest BCUT2D eigenvalue weighted by molar-refractivity contribution is 0.628. The molecule has 0 aliphatic carbocycles. The summed E-state index contributed by atoms with van der Waals surface area (Å²) in [5, 5.41) is 8.75. The summed E-state index contributed by atoms with van der Waals surface area (Å²) in [7, 11) is 0. The summed E-state index contributed by atoms with van der Waals surface area (Å²) in [6.45, 7) is 0. The second-order valence-electron chi connectivity index (χ2n) is 2.72. The lowest BCUT2D eigenvalue weighted by Crippen LogP contribution is -1.77. The van der Waals surface area contributed by atoms with E-state index in [1.807, 2.05) is 0 Å². The molecule has 2 N–H and O–H groups in total. The predicted molar refractivity (Wildman–Crippen MR) is 57.1 cm³/mol. The Bertz CT molecular complexity index is 494. The molecule has 0 aliphatic heterocycles. The first kappa shape index (κ1) is 9.72. The third-order valence-electron chi connectivity index (χ3n) is 1.58. The number of halogens is 1. The molecule has 0 bridgehead atoms. The Morgan fingerprint density at radius 1 is 1.33 bits per heavy atom. The monoisotopic (exact) mass is 222 g/mol. The minimum Gasteiger partial charge on any atom is -0.375 e. The average Bonchev–Trinajstić information content (AvgIpc) is 2.62. The third kappa shape index (κ3) is 2.57. The molecule has 1 heterocycles. The maximum Gasteiger partial charge on any atom is 0.182 e. The first-order valence-corrected chi connectivity index (χ1v) is 4.94. The highest BCUT2D eigenvalue weighted by Gasteiger charge is 1.96. The van der Waals surface area contributed by atoms with Gasteiger partial charge in [0.25, 0.3) is 0 Å². The van der Waals surface area contributed by atoms with E-state index in [0.29, 0.717) is 15.8 Å². The standard InChI is InChI=1S/C9H7FN4S/c10-6-2-1-3-7(4-6)13-14-8-5-12-9(11)15-8/h1-5H,(H2,11,12). The fourth-order valence-corrected chi connectivity index (χ4v) is 1.48. The second kappa shape index (κ2) is 4.14. The van der Waals surface area contributed by atoms with Crippen molar-refractivity contribution in [2.24, 2.45) is 10.2 Å². The fraction of sp³-hybridized carbons (Fsp3) is 0. The topological polar surface area (TPSA) is 63.6 Å². The lowest BCUT2D eigenvalue weighted by Gasteiger charge is -1.90. The summed E-state index contributed by atoms with van der Waals surface area (Å²) >= 11 is 1.22. The van der Waals surface area contributed by atoms with E-state index in [4.69, 9.17) is 5.73 Å². The van der Waals surface area contributed by atoms with Crippen LogP contribution in [0.5, 0.6) is 0 Å². The number of nitrogens with two attached hydrogens (primary N) is 1. The molecule has 0 unspecified atom stereocenters. The maximum absolute atomic E-state index is 12.8. The van der Waals surface area contributed by atoms with E-state index in [1.54, 1.807) is 12.1 Å². The summed E-state index contributed by atoms with van der Waals surface area (Å²) in [6.07, 6.45) is 1.52. The van der Waals surface area contributed by atoms with E-state index >= 15 is 0 Å². The number of nitrogen functional groups attached to an aromatic ring is 1. The zero-order chi connectivity index (χ0) is 10.7. The Labute approximate surface area is 89.3 Å². The molecule has 0 aliphatic rings. The number of anilines is 1.